The van der Waals surface area contributed by atoms with Crippen LogP contribution < -0.4 is 5.32 Å². The predicted octanol–water partition coefficient (Wildman–Crippen LogP) is 2.89. The fraction of sp³-hybridized carbons (Fsp3) is 0.421. The molecular weight excluding hydrogens is 334 g/mol. The van der Waals surface area contributed by atoms with Crippen molar-refractivity contribution in [2.24, 2.45) is 0 Å². The molecule has 7 nitrogen and oxygen atoms in total. The number of carboxylic acid groups (broad SMARTS) is 1. The van der Waals surface area contributed by atoms with E-state index in [1.54, 1.807) is 25.1 Å². The molecule has 1 atom stereocenters. The lowest BCUT2D eigenvalue weighted by Gasteiger charge is -2.35. The highest BCUT2D eigenvalue weighted by Crippen LogP contribution is 2.31. The van der Waals surface area contributed by atoms with E-state index >= 15 is 0 Å². The first-order chi connectivity index (χ1) is 12.5. The van der Waals surface area contributed by atoms with Gasteiger partial charge in [-0.05, 0) is 57.3 Å². The molecule has 138 valence electrons. The highest BCUT2D eigenvalue weighted by molar-refractivity contribution is 5.93. The smallest absolute Gasteiger partial charge is 0.335 e. The van der Waals surface area contributed by atoms with Gasteiger partial charge < -0.3 is 9.63 Å². The first-order valence-electron chi connectivity index (χ1n) is 8.76. The van der Waals surface area contributed by atoms with Crippen LogP contribution >= 0.6 is 0 Å². The zero-order valence-corrected chi connectivity index (χ0v) is 14.9. The Morgan fingerprint density at radius 1 is 1.31 bits per heavy atom. The molecule has 0 saturated carbocycles. The molecule has 1 aromatic carbocycles. The lowest BCUT2D eigenvalue weighted by atomic mass is 9.86. The van der Waals surface area contributed by atoms with Crippen LogP contribution in [0.25, 0.3) is 0 Å². The van der Waals surface area contributed by atoms with Gasteiger partial charge >= 0.3 is 5.97 Å². The quantitative estimate of drug-likeness (QED) is 0.854. The summed E-state index contributed by atoms with van der Waals surface area (Å²) in [7, 11) is 0. The van der Waals surface area contributed by atoms with Gasteiger partial charge in [0, 0.05) is 6.07 Å². The molecule has 2 heterocycles. The molecule has 1 unspecified atom stereocenters. The van der Waals surface area contributed by atoms with E-state index in [0.717, 1.165) is 31.5 Å². The third kappa shape index (κ3) is 3.94. The van der Waals surface area contributed by atoms with Gasteiger partial charge in [-0.3, -0.25) is 15.0 Å². The fourth-order valence-electron chi connectivity index (χ4n) is 3.46. The van der Waals surface area contributed by atoms with Crippen LogP contribution in [0, 0.1) is 6.92 Å². The van der Waals surface area contributed by atoms with Crippen LogP contribution in [0.15, 0.2) is 34.9 Å². The number of amides is 1. The Hall–Kier alpha value is -2.67. The van der Waals surface area contributed by atoms with E-state index in [-0.39, 0.29) is 17.9 Å². The van der Waals surface area contributed by atoms with Gasteiger partial charge in [0.15, 0.2) is 0 Å². The van der Waals surface area contributed by atoms with Crippen molar-refractivity contribution in [3.63, 3.8) is 0 Å². The molecule has 0 radical (unpaired) electrons. The third-order valence-electron chi connectivity index (χ3n) is 4.96. The second kappa shape index (κ2) is 7.70. The minimum absolute atomic E-state index is 0.134. The molecule has 1 aliphatic heterocycles. The number of nitrogens with zero attached hydrogens (tertiary/aromatic N) is 2. The van der Waals surface area contributed by atoms with E-state index in [2.05, 4.69) is 15.4 Å². The highest BCUT2D eigenvalue weighted by atomic mass is 16.5. The molecule has 0 spiro atoms. The summed E-state index contributed by atoms with van der Waals surface area (Å²) in [6.07, 6.45) is 1.65. The first kappa shape index (κ1) is 18.1. The van der Waals surface area contributed by atoms with Crippen LogP contribution in [0.2, 0.25) is 0 Å². The zero-order chi connectivity index (χ0) is 18.7. The summed E-state index contributed by atoms with van der Waals surface area (Å²) < 4.78 is 5.03. The van der Waals surface area contributed by atoms with Gasteiger partial charge in [0.05, 0.1) is 17.3 Å². The van der Waals surface area contributed by atoms with Crippen molar-refractivity contribution >= 4 is 17.8 Å². The van der Waals surface area contributed by atoms with Gasteiger partial charge in [0.25, 0.3) is 0 Å². The van der Waals surface area contributed by atoms with E-state index in [1.165, 1.54) is 0 Å². The molecule has 3 rings (SSSR count). The normalized spacial score (nSPS) is 17.0. The second-order valence-corrected chi connectivity index (χ2v) is 6.70. The van der Waals surface area contributed by atoms with Crippen molar-refractivity contribution in [1.82, 2.24) is 10.1 Å². The number of rotatable bonds is 5. The standard InChI is InChI=1S/C19H23N3O4/c1-12-11-17(26-21-12)20-18(23)13(2)22-9-7-14(8-10-22)15-5-3-4-6-16(15)19(24)25/h3-6,11,13-14H,7-10H2,1-2H3,(H,20,23)(H,24,25). The van der Waals surface area contributed by atoms with E-state index in [4.69, 9.17) is 4.52 Å². The van der Waals surface area contributed by atoms with Crippen molar-refractivity contribution < 1.29 is 19.2 Å². The maximum atomic E-state index is 12.4. The summed E-state index contributed by atoms with van der Waals surface area (Å²) in [5.41, 5.74) is 1.97. The molecule has 0 aliphatic carbocycles. The lowest BCUT2D eigenvalue weighted by Crippen LogP contribution is -2.45. The number of nitrogens with one attached hydrogen (secondary N) is 1. The van der Waals surface area contributed by atoms with Crippen LogP contribution in [-0.4, -0.2) is 46.2 Å². The summed E-state index contributed by atoms with van der Waals surface area (Å²) in [6, 6.07) is 8.56. The Kier molecular flexibility index (Phi) is 5.37. The summed E-state index contributed by atoms with van der Waals surface area (Å²) in [5.74, 6) is -0.473. The molecular formula is C19H23N3O4. The van der Waals surface area contributed by atoms with Crippen LogP contribution in [0.1, 0.15) is 47.3 Å². The number of hydrogen-bond donors (Lipinski definition) is 2. The predicted molar refractivity (Wildman–Crippen MR) is 96.3 cm³/mol. The number of carbonyl (C=O) groups excluding carboxylic acids is 1. The fourth-order valence-corrected chi connectivity index (χ4v) is 3.46. The maximum Gasteiger partial charge on any atom is 0.335 e. The van der Waals surface area contributed by atoms with Crippen molar-refractivity contribution in [3.8, 4) is 0 Å². The Bertz CT molecular complexity index is 794. The van der Waals surface area contributed by atoms with Crippen molar-refractivity contribution in [1.29, 1.82) is 0 Å². The molecule has 1 amide bonds. The number of aryl methyl sites for hydroxylation is 1. The molecule has 1 aromatic heterocycles. The Labute approximate surface area is 152 Å². The summed E-state index contributed by atoms with van der Waals surface area (Å²) in [5, 5.41) is 15.9. The largest absolute Gasteiger partial charge is 0.478 e. The Morgan fingerprint density at radius 2 is 2.00 bits per heavy atom. The second-order valence-electron chi connectivity index (χ2n) is 6.70. The van der Waals surface area contributed by atoms with E-state index in [0.29, 0.717) is 17.1 Å². The van der Waals surface area contributed by atoms with E-state index in [1.807, 2.05) is 19.1 Å². The van der Waals surface area contributed by atoms with Gasteiger partial charge in [0.1, 0.15) is 0 Å². The number of aromatic carboxylic acids is 1. The van der Waals surface area contributed by atoms with Crippen LogP contribution in [0.5, 0.6) is 0 Å². The van der Waals surface area contributed by atoms with Crippen LogP contribution in [0.3, 0.4) is 0 Å². The summed E-state index contributed by atoms with van der Waals surface area (Å²) >= 11 is 0. The number of benzene rings is 1. The Morgan fingerprint density at radius 3 is 2.62 bits per heavy atom. The SMILES string of the molecule is Cc1cc(NC(=O)C(C)N2CCC(c3ccccc3C(=O)O)CC2)on1. The Balaban J connectivity index is 1.59. The number of likely N-dealkylation sites (tertiary alicyclic amines) is 1. The minimum Gasteiger partial charge on any atom is -0.478 e. The number of carbonyl (C=O) groups is 2. The van der Waals surface area contributed by atoms with Crippen molar-refractivity contribution in [3.05, 3.63) is 47.2 Å². The van der Waals surface area contributed by atoms with Crippen LogP contribution in [0.4, 0.5) is 5.88 Å². The molecule has 0 bridgehead atoms. The van der Waals surface area contributed by atoms with Gasteiger partial charge in [0.2, 0.25) is 11.8 Å². The van der Waals surface area contributed by atoms with Crippen molar-refractivity contribution in [2.75, 3.05) is 18.4 Å². The number of piperidine rings is 1. The van der Waals surface area contributed by atoms with Gasteiger partial charge in [-0.15, -0.1) is 0 Å². The average molecular weight is 357 g/mol. The molecule has 1 fully saturated rings. The first-order valence-corrected chi connectivity index (χ1v) is 8.76. The summed E-state index contributed by atoms with van der Waals surface area (Å²) in [4.78, 5) is 25.9. The molecule has 7 heteroatoms. The van der Waals surface area contributed by atoms with E-state index < -0.39 is 5.97 Å². The van der Waals surface area contributed by atoms with Gasteiger partial charge in [-0.1, -0.05) is 23.4 Å². The minimum atomic E-state index is -0.891. The lowest BCUT2D eigenvalue weighted by molar-refractivity contribution is -0.121. The number of aromatic nitrogens is 1. The number of anilines is 1. The highest BCUT2D eigenvalue weighted by Gasteiger charge is 2.29. The molecule has 2 N–H and O–H groups in total. The molecule has 1 aliphatic rings. The third-order valence-corrected chi connectivity index (χ3v) is 4.96. The van der Waals surface area contributed by atoms with Crippen LogP contribution in [-0.2, 0) is 4.79 Å². The molecule has 2 aromatic rings. The molecule has 26 heavy (non-hydrogen) atoms. The number of hydrogen-bond acceptors (Lipinski definition) is 5. The summed E-state index contributed by atoms with van der Waals surface area (Å²) in [6.45, 7) is 5.14. The van der Waals surface area contributed by atoms with Crippen molar-refractivity contribution in [2.45, 2.75) is 38.6 Å². The number of carboxylic acids is 1. The average Bonchev–Trinajstić information content (AvgIpc) is 3.06. The van der Waals surface area contributed by atoms with Gasteiger partial charge in [-0.2, -0.15) is 0 Å². The maximum absolute atomic E-state index is 12.4. The topological polar surface area (TPSA) is 95.7 Å². The zero-order valence-electron chi connectivity index (χ0n) is 14.9. The van der Waals surface area contributed by atoms with Gasteiger partial charge in [-0.25, -0.2) is 4.79 Å². The monoisotopic (exact) mass is 357 g/mol. The molecule has 1 saturated heterocycles. The van der Waals surface area contributed by atoms with E-state index in [9.17, 15) is 14.7 Å².